The van der Waals surface area contributed by atoms with Crippen molar-refractivity contribution in [1.82, 2.24) is 9.71 Å². The van der Waals surface area contributed by atoms with Crippen LogP contribution in [-0.4, -0.2) is 25.4 Å². The van der Waals surface area contributed by atoms with E-state index in [9.17, 15) is 13.2 Å². The second kappa shape index (κ2) is 7.83. The van der Waals surface area contributed by atoms with Crippen LogP contribution in [-0.2, 0) is 21.4 Å². The first-order valence-corrected chi connectivity index (χ1v) is 11.2. The van der Waals surface area contributed by atoms with Crippen LogP contribution in [0.3, 0.4) is 0 Å². The fourth-order valence-electron chi connectivity index (χ4n) is 2.57. The Hall–Kier alpha value is -2.55. The largest absolute Gasteiger partial charge is 0.456 e. The molecule has 0 saturated heterocycles. The lowest BCUT2D eigenvalue weighted by Crippen LogP contribution is -2.25. The Labute approximate surface area is 167 Å². The van der Waals surface area contributed by atoms with Gasteiger partial charge in [0, 0.05) is 17.0 Å². The summed E-state index contributed by atoms with van der Waals surface area (Å²) in [6, 6.07) is 15.6. The number of carbonyl (C=O) groups excluding carboxylic acids is 1. The molecule has 1 N–H and O–H groups in total. The third kappa shape index (κ3) is 4.46. The Morgan fingerprint density at radius 3 is 2.50 bits per heavy atom. The van der Waals surface area contributed by atoms with Crippen molar-refractivity contribution in [3.8, 4) is 10.6 Å². The Morgan fingerprint density at radius 1 is 1.11 bits per heavy atom. The summed E-state index contributed by atoms with van der Waals surface area (Å²) >= 11 is 1.49. The maximum atomic E-state index is 12.2. The molecule has 1 heterocycles. The second-order valence-electron chi connectivity index (χ2n) is 6.51. The average Bonchev–Trinajstić information content (AvgIpc) is 3.39. The minimum Gasteiger partial charge on any atom is -0.456 e. The summed E-state index contributed by atoms with van der Waals surface area (Å²) in [5.41, 5.74) is 1.98. The summed E-state index contributed by atoms with van der Waals surface area (Å²) in [4.78, 5) is 16.9. The molecule has 0 bridgehead atoms. The molecule has 0 radical (unpaired) electrons. The first-order chi connectivity index (χ1) is 13.5. The number of aromatic nitrogens is 1. The van der Waals surface area contributed by atoms with Crippen LogP contribution >= 0.6 is 11.3 Å². The maximum Gasteiger partial charge on any atom is 0.338 e. The Kier molecular flexibility index (Phi) is 5.25. The third-order valence-electron chi connectivity index (χ3n) is 4.22. The van der Waals surface area contributed by atoms with Crippen LogP contribution in [0.15, 0.2) is 64.9 Å². The summed E-state index contributed by atoms with van der Waals surface area (Å²) in [5, 5.41) is 2.72. The quantitative estimate of drug-likeness (QED) is 0.597. The molecule has 1 aliphatic rings. The summed E-state index contributed by atoms with van der Waals surface area (Å²) in [6.07, 6.45) is 1.73. The molecular weight excluding hydrogens is 396 g/mol. The lowest BCUT2D eigenvalue weighted by molar-refractivity contribution is 0.0468. The number of nitrogens with one attached hydrogen (secondary N) is 1. The minimum atomic E-state index is -3.53. The Balaban J connectivity index is 1.37. The molecule has 0 atom stereocenters. The highest BCUT2D eigenvalue weighted by molar-refractivity contribution is 7.89. The molecule has 1 aliphatic carbocycles. The molecule has 0 amide bonds. The van der Waals surface area contributed by atoms with Crippen molar-refractivity contribution in [2.45, 2.75) is 30.4 Å². The first kappa shape index (κ1) is 18.8. The molecular formula is C20H18N2O4S2. The normalized spacial score (nSPS) is 14.0. The molecule has 28 heavy (non-hydrogen) atoms. The fraction of sp³-hybridized carbons (Fsp3) is 0.200. The van der Waals surface area contributed by atoms with Crippen molar-refractivity contribution >= 4 is 27.3 Å². The number of carbonyl (C=O) groups is 1. The topological polar surface area (TPSA) is 85.4 Å². The van der Waals surface area contributed by atoms with Crippen LogP contribution in [0.2, 0.25) is 0 Å². The zero-order valence-electron chi connectivity index (χ0n) is 14.9. The average molecular weight is 415 g/mol. The summed E-state index contributed by atoms with van der Waals surface area (Å²) in [5.74, 6) is -0.520. The molecule has 144 valence electrons. The lowest BCUT2D eigenvalue weighted by Gasteiger charge is -2.07. The van der Waals surface area contributed by atoms with Gasteiger partial charge in [-0.05, 0) is 37.1 Å². The van der Waals surface area contributed by atoms with Crippen molar-refractivity contribution in [2.24, 2.45) is 0 Å². The number of esters is 1. The van der Waals surface area contributed by atoms with Crippen LogP contribution in [0, 0.1) is 0 Å². The van der Waals surface area contributed by atoms with E-state index in [1.54, 1.807) is 0 Å². The molecule has 0 spiro atoms. The van der Waals surface area contributed by atoms with E-state index in [1.165, 1.54) is 35.6 Å². The molecule has 8 heteroatoms. The highest BCUT2D eigenvalue weighted by Gasteiger charge is 2.28. The van der Waals surface area contributed by atoms with E-state index in [2.05, 4.69) is 9.71 Å². The van der Waals surface area contributed by atoms with Gasteiger partial charge in [0.25, 0.3) is 0 Å². The molecule has 4 rings (SSSR count). The number of rotatable bonds is 7. The summed E-state index contributed by atoms with van der Waals surface area (Å²) < 4.78 is 32.2. The smallest absolute Gasteiger partial charge is 0.338 e. The second-order valence-corrected chi connectivity index (χ2v) is 9.08. The van der Waals surface area contributed by atoms with Crippen LogP contribution in [0.25, 0.3) is 10.6 Å². The Bertz CT molecular complexity index is 1070. The van der Waals surface area contributed by atoms with Crippen LogP contribution < -0.4 is 4.72 Å². The summed E-state index contributed by atoms with van der Waals surface area (Å²) in [7, 11) is -3.53. The van der Waals surface area contributed by atoms with Crippen molar-refractivity contribution in [1.29, 1.82) is 0 Å². The van der Waals surface area contributed by atoms with Gasteiger partial charge in [0.2, 0.25) is 10.0 Å². The fourth-order valence-corrected chi connectivity index (χ4v) is 4.68. The first-order valence-electron chi connectivity index (χ1n) is 8.80. The monoisotopic (exact) mass is 414 g/mol. The van der Waals surface area contributed by atoms with Gasteiger partial charge < -0.3 is 4.74 Å². The zero-order valence-corrected chi connectivity index (χ0v) is 16.5. The maximum absolute atomic E-state index is 12.2. The van der Waals surface area contributed by atoms with Crippen molar-refractivity contribution in [3.05, 3.63) is 71.2 Å². The van der Waals surface area contributed by atoms with Crippen LogP contribution in [0.5, 0.6) is 0 Å². The molecule has 0 aliphatic heterocycles. The van der Waals surface area contributed by atoms with Gasteiger partial charge in [-0.2, -0.15) is 0 Å². The SMILES string of the molecule is O=C(OCc1csc(-c2ccccc2)n1)c1ccc(S(=O)(=O)NC2CC2)cc1. The minimum absolute atomic E-state index is 0.0357. The van der Waals surface area contributed by atoms with Gasteiger partial charge in [-0.3, -0.25) is 0 Å². The molecule has 1 fully saturated rings. The van der Waals surface area contributed by atoms with Crippen molar-refractivity contribution in [3.63, 3.8) is 0 Å². The molecule has 3 aromatic rings. The van der Waals surface area contributed by atoms with Gasteiger partial charge in [-0.1, -0.05) is 30.3 Å². The molecule has 6 nitrogen and oxygen atoms in total. The highest BCUT2D eigenvalue weighted by Crippen LogP contribution is 2.24. The standard InChI is InChI=1S/C20H18N2O4S2/c23-20(15-6-10-18(11-7-15)28(24,25)22-16-8-9-16)26-12-17-13-27-19(21-17)14-4-2-1-3-5-14/h1-7,10-11,13,16,22H,8-9,12H2. The molecule has 1 saturated carbocycles. The highest BCUT2D eigenvalue weighted by atomic mass is 32.2. The predicted octanol–water partition coefficient (Wildman–Crippen LogP) is 3.61. The van der Waals surface area contributed by atoms with Crippen molar-refractivity contribution < 1.29 is 17.9 Å². The van der Waals surface area contributed by atoms with E-state index in [-0.39, 0.29) is 17.5 Å². The van der Waals surface area contributed by atoms with E-state index in [1.807, 2.05) is 35.7 Å². The van der Waals surface area contributed by atoms with Gasteiger partial charge >= 0.3 is 5.97 Å². The molecule has 2 aromatic carbocycles. The lowest BCUT2D eigenvalue weighted by atomic mass is 10.2. The van der Waals surface area contributed by atoms with E-state index in [0.717, 1.165) is 23.4 Å². The number of nitrogens with zero attached hydrogens (tertiary/aromatic N) is 1. The number of ether oxygens (including phenoxy) is 1. The zero-order chi connectivity index (χ0) is 19.6. The van der Waals surface area contributed by atoms with Crippen LogP contribution in [0.4, 0.5) is 0 Å². The van der Waals surface area contributed by atoms with Gasteiger partial charge in [-0.15, -0.1) is 11.3 Å². The number of hydrogen-bond donors (Lipinski definition) is 1. The van der Waals surface area contributed by atoms with Gasteiger partial charge in [-0.25, -0.2) is 22.9 Å². The van der Waals surface area contributed by atoms with E-state index < -0.39 is 16.0 Å². The van der Waals surface area contributed by atoms with Gasteiger partial charge in [0.05, 0.1) is 16.2 Å². The molecule has 0 unspecified atom stereocenters. The number of thiazole rings is 1. The third-order valence-corrected chi connectivity index (χ3v) is 6.70. The van der Waals surface area contributed by atoms with E-state index in [0.29, 0.717) is 11.3 Å². The van der Waals surface area contributed by atoms with Gasteiger partial charge in [0.1, 0.15) is 11.6 Å². The number of hydrogen-bond acceptors (Lipinski definition) is 6. The molecule has 1 aromatic heterocycles. The Morgan fingerprint density at radius 2 is 1.82 bits per heavy atom. The van der Waals surface area contributed by atoms with E-state index in [4.69, 9.17) is 4.74 Å². The van der Waals surface area contributed by atoms with E-state index >= 15 is 0 Å². The number of benzene rings is 2. The summed E-state index contributed by atoms with van der Waals surface area (Å²) in [6.45, 7) is 0.0610. The number of sulfonamides is 1. The van der Waals surface area contributed by atoms with Crippen LogP contribution in [0.1, 0.15) is 28.9 Å². The van der Waals surface area contributed by atoms with Gasteiger partial charge in [0.15, 0.2) is 0 Å². The van der Waals surface area contributed by atoms with Crippen molar-refractivity contribution in [2.75, 3.05) is 0 Å². The predicted molar refractivity (Wildman–Crippen MR) is 106 cm³/mol.